The van der Waals surface area contributed by atoms with Crippen LogP contribution in [0.2, 0.25) is 0 Å². The minimum absolute atomic E-state index is 0.406. The van der Waals surface area contributed by atoms with Crippen molar-refractivity contribution in [2.24, 2.45) is 0 Å². The molecule has 1 aliphatic carbocycles. The SMILES string of the molecule is CCC1CCCc2cnc(NCCNC(=O)OC(C)(C)C)nc21. The quantitative estimate of drug-likeness (QED) is 0.815. The van der Waals surface area contributed by atoms with Gasteiger partial charge in [0.1, 0.15) is 5.60 Å². The normalized spacial score (nSPS) is 17.3. The summed E-state index contributed by atoms with van der Waals surface area (Å²) >= 11 is 0. The first-order valence-electron chi connectivity index (χ1n) is 8.45. The van der Waals surface area contributed by atoms with Gasteiger partial charge in [0.15, 0.2) is 0 Å². The van der Waals surface area contributed by atoms with E-state index in [9.17, 15) is 4.79 Å². The third kappa shape index (κ3) is 5.37. The summed E-state index contributed by atoms with van der Waals surface area (Å²) in [6, 6.07) is 0. The zero-order chi connectivity index (χ0) is 16.9. The Morgan fingerprint density at radius 1 is 1.39 bits per heavy atom. The number of aryl methyl sites for hydroxylation is 1. The number of aromatic nitrogens is 2. The zero-order valence-corrected chi connectivity index (χ0v) is 14.6. The zero-order valence-electron chi connectivity index (χ0n) is 14.6. The van der Waals surface area contributed by atoms with Crippen LogP contribution in [0, 0.1) is 0 Å². The lowest BCUT2D eigenvalue weighted by Gasteiger charge is -2.23. The summed E-state index contributed by atoms with van der Waals surface area (Å²) in [5, 5.41) is 5.88. The Bertz CT molecular complexity index is 540. The van der Waals surface area contributed by atoms with E-state index in [0.717, 1.165) is 12.8 Å². The first kappa shape index (κ1) is 17.5. The van der Waals surface area contributed by atoms with Crippen LogP contribution in [0.3, 0.4) is 0 Å². The highest BCUT2D eigenvalue weighted by Crippen LogP contribution is 2.32. The van der Waals surface area contributed by atoms with E-state index in [0.29, 0.717) is 25.0 Å². The molecule has 0 fully saturated rings. The highest BCUT2D eigenvalue weighted by atomic mass is 16.6. The summed E-state index contributed by atoms with van der Waals surface area (Å²) in [7, 11) is 0. The molecule has 1 aromatic rings. The standard InChI is InChI=1S/C17H28N4O2/c1-5-12-7-6-8-13-11-20-15(21-14(12)13)18-9-10-19-16(22)23-17(2,3)4/h11-12H,5-10H2,1-4H3,(H,19,22)(H,18,20,21). The second kappa shape index (κ2) is 7.62. The highest BCUT2D eigenvalue weighted by Gasteiger charge is 2.21. The van der Waals surface area contributed by atoms with E-state index >= 15 is 0 Å². The Hall–Kier alpha value is -1.85. The number of nitrogens with zero attached hydrogens (tertiary/aromatic N) is 2. The molecule has 1 aliphatic rings. The van der Waals surface area contributed by atoms with Crippen molar-refractivity contribution in [1.82, 2.24) is 15.3 Å². The van der Waals surface area contributed by atoms with Gasteiger partial charge in [-0.25, -0.2) is 14.8 Å². The maximum Gasteiger partial charge on any atom is 0.407 e. The van der Waals surface area contributed by atoms with Crippen molar-refractivity contribution in [2.75, 3.05) is 18.4 Å². The average Bonchev–Trinajstić information content (AvgIpc) is 2.49. The summed E-state index contributed by atoms with van der Waals surface area (Å²) < 4.78 is 5.18. The predicted octanol–water partition coefficient (Wildman–Crippen LogP) is 3.24. The van der Waals surface area contributed by atoms with E-state index in [2.05, 4.69) is 27.5 Å². The molecular formula is C17H28N4O2. The Morgan fingerprint density at radius 2 is 2.17 bits per heavy atom. The Balaban J connectivity index is 1.81. The molecule has 0 saturated carbocycles. The smallest absolute Gasteiger partial charge is 0.407 e. The van der Waals surface area contributed by atoms with E-state index in [4.69, 9.17) is 4.74 Å². The number of anilines is 1. The van der Waals surface area contributed by atoms with Gasteiger partial charge in [-0.05, 0) is 52.0 Å². The van der Waals surface area contributed by atoms with E-state index in [1.54, 1.807) is 0 Å². The van der Waals surface area contributed by atoms with Crippen molar-refractivity contribution in [1.29, 1.82) is 0 Å². The number of amides is 1. The maximum absolute atomic E-state index is 11.6. The molecule has 23 heavy (non-hydrogen) atoms. The molecule has 6 heteroatoms. The molecule has 0 saturated heterocycles. The molecule has 0 aromatic carbocycles. The number of fused-ring (bicyclic) bond motifs is 1. The van der Waals surface area contributed by atoms with Gasteiger partial charge in [0.05, 0.1) is 5.69 Å². The minimum atomic E-state index is -0.478. The van der Waals surface area contributed by atoms with Crippen molar-refractivity contribution in [3.05, 3.63) is 17.5 Å². The van der Waals surface area contributed by atoms with Crippen LogP contribution >= 0.6 is 0 Å². The van der Waals surface area contributed by atoms with Gasteiger partial charge < -0.3 is 15.4 Å². The lowest BCUT2D eigenvalue weighted by molar-refractivity contribution is 0.0530. The summed E-state index contributed by atoms with van der Waals surface area (Å²) in [6.45, 7) is 8.77. The van der Waals surface area contributed by atoms with Gasteiger partial charge in [0, 0.05) is 25.2 Å². The van der Waals surface area contributed by atoms with Gasteiger partial charge in [0.25, 0.3) is 0 Å². The molecule has 1 atom stereocenters. The fraction of sp³-hybridized carbons (Fsp3) is 0.706. The fourth-order valence-electron chi connectivity index (χ4n) is 2.78. The molecule has 128 valence electrons. The molecule has 1 unspecified atom stereocenters. The first-order chi connectivity index (χ1) is 10.9. The Morgan fingerprint density at radius 3 is 2.87 bits per heavy atom. The number of ether oxygens (including phenoxy) is 1. The van der Waals surface area contributed by atoms with Crippen molar-refractivity contribution >= 4 is 12.0 Å². The van der Waals surface area contributed by atoms with Crippen LogP contribution in [0.25, 0.3) is 0 Å². The molecular weight excluding hydrogens is 292 g/mol. The van der Waals surface area contributed by atoms with Crippen molar-refractivity contribution < 1.29 is 9.53 Å². The maximum atomic E-state index is 11.6. The summed E-state index contributed by atoms with van der Waals surface area (Å²) in [5.41, 5.74) is 1.99. The number of carbonyl (C=O) groups is 1. The summed E-state index contributed by atoms with van der Waals surface area (Å²) in [4.78, 5) is 20.6. The van der Waals surface area contributed by atoms with Gasteiger partial charge in [-0.15, -0.1) is 0 Å². The summed E-state index contributed by atoms with van der Waals surface area (Å²) in [5.74, 6) is 1.18. The third-order valence-electron chi connectivity index (χ3n) is 3.85. The van der Waals surface area contributed by atoms with Gasteiger partial charge in [-0.1, -0.05) is 6.92 Å². The number of rotatable bonds is 5. The monoisotopic (exact) mass is 320 g/mol. The number of carbonyl (C=O) groups excluding carboxylic acids is 1. The van der Waals surface area contributed by atoms with Crippen molar-refractivity contribution in [2.45, 2.75) is 64.9 Å². The second-order valence-electron chi connectivity index (χ2n) is 6.96. The van der Waals surface area contributed by atoms with Gasteiger partial charge in [-0.3, -0.25) is 0 Å². The van der Waals surface area contributed by atoms with Gasteiger partial charge in [-0.2, -0.15) is 0 Å². The minimum Gasteiger partial charge on any atom is -0.444 e. The Kier molecular flexibility index (Phi) is 5.80. The van der Waals surface area contributed by atoms with Crippen LogP contribution in [-0.4, -0.2) is 34.8 Å². The van der Waals surface area contributed by atoms with Gasteiger partial charge in [0.2, 0.25) is 5.95 Å². The predicted molar refractivity (Wildman–Crippen MR) is 90.7 cm³/mol. The van der Waals surface area contributed by atoms with Crippen LogP contribution in [0.5, 0.6) is 0 Å². The van der Waals surface area contributed by atoms with Crippen LogP contribution in [-0.2, 0) is 11.2 Å². The largest absolute Gasteiger partial charge is 0.444 e. The number of alkyl carbamates (subject to hydrolysis) is 1. The summed E-state index contributed by atoms with van der Waals surface area (Å²) in [6.07, 6.45) is 6.16. The molecule has 1 heterocycles. The fourth-order valence-corrected chi connectivity index (χ4v) is 2.78. The topological polar surface area (TPSA) is 76.1 Å². The van der Waals surface area contributed by atoms with E-state index in [1.807, 2.05) is 27.0 Å². The van der Waals surface area contributed by atoms with Crippen LogP contribution in [0.4, 0.5) is 10.7 Å². The van der Waals surface area contributed by atoms with Crippen molar-refractivity contribution in [3.8, 4) is 0 Å². The van der Waals surface area contributed by atoms with Crippen LogP contribution in [0.1, 0.15) is 64.1 Å². The molecule has 0 bridgehead atoms. The molecule has 0 aliphatic heterocycles. The molecule has 2 N–H and O–H groups in total. The molecule has 6 nitrogen and oxygen atoms in total. The molecule has 1 amide bonds. The molecule has 1 aromatic heterocycles. The highest BCUT2D eigenvalue weighted by molar-refractivity contribution is 5.67. The number of hydrogen-bond acceptors (Lipinski definition) is 5. The van der Waals surface area contributed by atoms with Crippen LogP contribution < -0.4 is 10.6 Å². The Labute approximate surface area is 138 Å². The van der Waals surface area contributed by atoms with Crippen molar-refractivity contribution in [3.63, 3.8) is 0 Å². The second-order valence-corrected chi connectivity index (χ2v) is 6.96. The molecule has 2 rings (SSSR count). The van der Waals surface area contributed by atoms with E-state index < -0.39 is 11.7 Å². The first-order valence-corrected chi connectivity index (χ1v) is 8.45. The third-order valence-corrected chi connectivity index (χ3v) is 3.85. The number of hydrogen-bond donors (Lipinski definition) is 2. The van der Waals surface area contributed by atoms with E-state index in [-0.39, 0.29) is 0 Å². The van der Waals surface area contributed by atoms with E-state index in [1.165, 1.54) is 24.1 Å². The molecule has 0 spiro atoms. The number of nitrogens with one attached hydrogen (secondary N) is 2. The van der Waals surface area contributed by atoms with Crippen LogP contribution in [0.15, 0.2) is 6.20 Å². The molecule has 0 radical (unpaired) electrons. The lowest BCUT2D eigenvalue weighted by atomic mass is 9.86. The van der Waals surface area contributed by atoms with Gasteiger partial charge >= 0.3 is 6.09 Å². The lowest BCUT2D eigenvalue weighted by Crippen LogP contribution is -2.35. The average molecular weight is 320 g/mol.